The van der Waals surface area contributed by atoms with Crippen molar-refractivity contribution in [1.29, 1.82) is 5.41 Å². The molecule has 1 amide bonds. The first-order valence-electron chi connectivity index (χ1n) is 10.1. The first-order chi connectivity index (χ1) is 15.0. The summed E-state index contributed by atoms with van der Waals surface area (Å²) in [5, 5.41) is 30.7. The number of carbonyl (C=O) groups is 1. The largest absolute Gasteiger partial charge is 0.508 e. The van der Waals surface area contributed by atoms with Crippen molar-refractivity contribution in [3.8, 4) is 5.75 Å². The molecule has 1 aromatic heterocycles. The number of hydroxylamine groups is 1. The van der Waals surface area contributed by atoms with Crippen LogP contribution in [0.15, 0.2) is 36.7 Å². The van der Waals surface area contributed by atoms with E-state index in [9.17, 15) is 9.90 Å². The van der Waals surface area contributed by atoms with Crippen LogP contribution in [0, 0.1) is 12.3 Å². The van der Waals surface area contributed by atoms with Crippen LogP contribution in [0.5, 0.6) is 5.75 Å². The molecule has 0 atom stereocenters. The normalized spacial score (nSPS) is 13.4. The van der Waals surface area contributed by atoms with Crippen molar-refractivity contribution in [3.63, 3.8) is 0 Å². The van der Waals surface area contributed by atoms with Crippen LogP contribution in [0.2, 0.25) is 0 Å². The molecule has 2 heterocycles. The molecule has 0 unspecified atom stereocenters. The maximum Gasteiger partial charge on any atom is 0.254 e. The van der Waals surface area contributed by atoms with Crippen LogP contribution in [0.4, 0.5) is 5.82 Å². The zero-order valence-electron chi connectivity index (χ0n) is 17.1. The van der Waals surface area contributed by atoms with Crippen LogP contribution in [0.3, 0.4) is 0 Å². The smallest absolute Gasteiger partial charge is 0.254 e. The molecule has 2 aromatic carbocycles. The van der Waals surface area contributed by atoms with Crippen molar-refractivity contribution in [2.45, 2.75) is 26.3 Å². The number of phenols is 1. The molecule has 0 aliphatic carbocycles. The molecule has 1 aliphatic heterocycles. The molecular formula is C22H24N6O3. The van der Waals surface area contributed by atoms with Crippen molar-refractivity contribution in [2.75, 3.05) is 18.4 Å². The fraction of sp³-hybridized carbons (Fsp3) is 0.273. The molecular weight excluding hydrogens is 396 g/mol. The SMILES string of the molecule is Cc1cc2c(NCc3cc(C(=N)NO)ccc3O)ncnc2cc1C(=O)N1CCCC1. The molecule has 0 radical (unpaired) electrons. The van der Waals surface area contributed by atoms with Crippen molar-refractivity contribution in [2.24, 2.45) is 0 Å². The van der Waals surface area contributed by atoms with Crippen molar-refractivity contribution in [3.05, 3.63) is 58.9 Å². The van der Waals surface area contributed by atoms with Crippen LogP contribution in [0.1, 0.15) is 39.9 Å². The maximum absolute atomic E-state index is 12.9. The van der Waals surface area contributed by atoms with E-state index in [-0.39, 0.29) is 24.0 Å². The lowest BCUT2D eigenvalue weighted by Crippen LogP contribution is -2.28. The lowest BCUT2D eigenvalue weighted by Gasteiger charge is -2.17. The van der Waals surface area contributed by atoms with Crippen LogP contribution in [0.25, 0.3) is 10.9 Å². The molecule has 1 saturated heterocycles. The Kier molecular flexibility index (Phi) is 5.68. The summed E-state index contributed by atoms with van der Waals surface area (Å²) in [7, 11) is 0. The number of rotatable bonds is 5. The third-order valence-corrected chi connectivity index (χ3v) is 5.53. The van der Waals surface area contributed by atoms with E-state index in [1.807, 2.05) is 24.0 Å². The van der Waals surface area contributed by atoms with E-state index < -0.39 is 0 Å². The Morgan fingerprint density at radius 2 is 1.97 bits per heavy atom. The summed E-state index contributed by atoms with van der Waals surface area (Å²) < 4.78 is 0. The molecule has 1 aliphatic rings. The monoisotopic (exact) mass is 420 g/mol. The van der Waals surface area contributed by atoms with E-state index >= 15 is 0 Å². The average Bonchev–Trinajstić information content (AvgIpc) is 3.32. The number of aryl methyl sites for hydroxylation is 1. The van der Waals surface area contributed by atoms with Crippen molar-refractivity contribution in [1.82, 2.24) is 20.3 Å². The Labute approximate surface area is 179 Å². The molecule has 31 heavy (non-hydrogen) atoms. The van der Waals surface area contributed by atoms with E-state index in [4.69, 9.17) is 10.6 Å². The maximum atomic E-state index is 12.9. The highest BCUT2D eigenvalue weighted by molar-refractivity contribution is 6.01. The minimum atomic E-state index is -0.167. The lowest BCUT2D eigenvalue weighted by atomic mass is 10.0. The van der Waals surface area contributed by atoms with Gasteiger partial charge in [-0.25, -0.2) is 9.97 Å². The number of aromatic nitrogens is 2. The van der Waals surface area contributed by atoms with Gasteiger partial charge in [-0.2, -0.15) is 0 Å². The summed E-state index contributed by atoms with van der Waals surface area (Å²) in [5.74, 6) is 0.509. The number of hydrogen-bond donors (Lipinski definition) is 5. The van der Waals surface area contributed by atoms with Gasteiger partial charge in [-0.3, -0.25) is 20.9 Å². The van der Waals surface area contributed by atoms with Gasteiger partial charge in [0.1, 0.15) is 23.7 Å². The molecule has 0 spiro atoms. The Morgan fingerprint density at radius 1 is 1.19 bits per heavy atom. The number of nitrogens with zero attached hydrogens (tertiary/aromatic N) is 3. The third kappa shape index (κ3) is 4.13. The van der Waals surface area contributed by atoms with Crippen LogP contribution < -0.4 is 10.8 Å². The summed E-state index contributed by atoms with van der Waals surface area (Å²) in [6.07, 6.45) is 3.51. The second-order valence-corrected chi connectivity index (χ2v) is 7.59. The van der Waals surface area contributed by atoms with Crippen molar-refractivity contribution < 1.29 is 15.1 Å². The first kappa shape index (κ1) is 20.5. The fourth-order valence-corrected chi connectivity index (χ4v) is 3.80. The van der Waals surface area contributed by atoms with E-state index in [0.717, 1.165) is 36.9 Å². The second kappa shape index (κ2) is 8.57. The van der Waals surface area contributed by atoms with E-state index in [2.05, 4.69) is 15.3 Å². The first-order valence-corrected chi connectivity index (χ1v) is 10.1. The van der Waals surface area contributed by atoms with Gasteiger partial charge in [0.05, 0.1) is 5.52 Å². The zero-order valence-corrected chi connectivity index (χ0v) is 17.1. The Balaban J connectivity index is 1.61. The predicted octanol–water partition coefficient (Wildman–Crippen LogP) is 2.80. The van der Waals surface area contributed by atoms with Gasteiger partial charge in [0.15, 0.2) is 0 Å². The number of nitrogens with one attached hydrogen (secondary N) is 3. The summed E-state index contributed by atoms with van der Waals surface area (Å²) in [6, 6.07) is 8.33. The average molecular weight is 420 g/mol. The number of likely N-dealkylation sites (tertiary alicyclic amines) is 1. The standard InChI is InChI=1S/C22H24N6O3/c1-13-8-17-18(10-16(13)22(30)28-6-2-3-7-28)25-12-26-21(17)24-11-15-9-14(20(23)27-31)4-5-19(15)29/h4-5,8-10,12,29,31H,2-3,6-7,11H2,1H3,(H2,23,27)(H,24,25,26). The second-order valence-electron chi connectivity index (χ2n) is 7.59. The topological polar surface area (TPSA) is 134 Å². The van der Waals surface area contributed by atoms with Crippen LogP contribution in [-0.2, 0) is 6.54 Å². The number of anilines is 1. The molecule has 9 nitrogen and oxygen atoms in total. The Morgan fingerprint density at radius 3 is 2.71 bits per heavy atom. The van der Waals surface area contributed by atoms with Crippen molar-refractivity contribution >= 4 is 28.5 Å². The lowest BCUT2D eigenvalue weighted by molar-refractivity contribution is 0.0792. The minimum absolute atomic E-state index is 0.0340. The molecule has 3 aromatic rings. The summed E-state index contributed by atoms with van der Waals surface area (Å²) in [5.41, 5.74) is 4.95. The van der Waals surface area contributed by atoms with Gasteiger partial charge >= 0.3 is 0 Å². The number of amides is 1. The minimum Gasteiger partial charge on any atom is -0.508 e. The molecule has 5 N–H and O–H groups in total. The molecule has 1 fully saturated rings. The quantitative estimate of drug-likeness (QED) is 0.243. The number of aromatic hydroxyl groups is 1. The molecule has 0 saturated carbocycles. The number of fused-ring (bicyclic) bond motifs is 1. The highest BCUT2D eigenvalue weighted by Gasteiger charge is 2.22. The van der Waals surface area contributed by atoms with Gasteiger partial charge in [-0.05, 0) is 55.7 Å². The van der Waals surface area contributed by atoms with Crippen LogP contribution in [-0.4, -0.2) is 50.0 Å². The summed E-state index contributed by atoms with van der Waals surface area (Å²) in [4.78, 5) is 23.4. The van der Waals surface area contributed by atoms with E-state index in [1.54, 1.807) is 11.5 Å². The third-order valence-electron chi connectivity index (χ3n) is 5.53. The van der Waals surface area contributed by atoms with Crippen LogP contribution >= 0.6 is 0 Å². The highest BCUT2D eigenvalue weighted by atomic mass is 16.5. The molecule has 160 valence electrons. The van der Waals surface area contributed by atoms with Gasteiger partial charge < -0.3 is 15.3 Å². The van der Waals surface area contributed by atoms with Gasteiger partial charge in [-0.1, -0.05) is 0 Å². The fourth-order valence-electron chi connectivity index (χ4n) is 3.80. The molecule has 0 bridgehead atoms. The van der Waals surface area contributed by atoms with Gasteiger partial charge in [0.25, 0.3) is 5.91 Å². The number of benzene rings is 2. The predicted molar refractivity (Wildman–Crippen MR) is 117 cm³/mol. The number of carbonyl (C=O) groups excluding carboxylic acids is 1. The molecule has 9 heteroatoms. The number of hydrogen-bond acceptors (Lipinski definition) is 7. The Hall–Kier alpha value is -3.72. The number of phenolic OH excluding ortho intramolecular Hbond substituents is 1. The van der Waals surface area contributed by atoms with Gasteiger partial charge in [-0.15, -0.1) is 0 Å². The summed E-state index contributed by atoms with van der Waals surface area (Å²) >= 11 is 0. The van der Waals surface area contributed by atoms with Gasteiger partial charge in [0, 0.05) is 41.7 Å². The Bertz CT molecular complexity index is 1160. The van der Waals surface area contributed by atoms with Gasteiger partial charge in [0.2, 0.25) is 0 Å². The number of amidine groups is 1. The zero-order chi connectivity index (χ0) is 22.0. The summed E-state index contributed by atoms with van der Waals surface area (Å²) in [6.45, 7) is 3.73. The van der Waals surface area contributed by atoms with E-state index in [1.165, 1.54) is 18.5 Å². The molecule has 4 rings (SSSR count). The van der Waals surface area contributed by atoms with E-state index in [0.29, 0.717) is 28.0 Å². The highest BCUT2D eigenvalue weighted by Crippen LogP contribution is 2.26.